The van der Waals surface area contributed by atoms with Gasteiger partial charge in [-0.25, -0.2) is 8.78 Å². The molecule has 29 heavy (non-hydrogen) atoms. The molecule has 1 aromatic heterocycles. The van der Waals surface area contributed by atoms with Gasteiger partial charge in [0.25, 0.3) is 5.91 Å². The third kappa shape index (κ3) is 2.84. The van der Waals surface area contributed by atoms with Crippen molar-refractivity contribution in [2.45, 2.75) is 25.0 Å². The number of halogens is 2. The third-order valence-electron chi connectivity index (χ3n) is 5.55. The summed E-state index contributed by atoms with van der Waals surface area (Å²) in [5.41, 5.74) is -0.177. The van der Waals surface area contributed by atoms with Crippen molar-refractivity contribution in [1.29, 1.82) is 0 Å². The maximum absolute atomic E-state index is 14.7. The van der Waals surface area contributed by atoms with Gasteiger partial charge in [-0.1, -0.05) is 18.2 Å². The van der Waals surface area contributed by atoms with Crippen LogP contribution in [-0.2, 0) is 4.74 Å². The second-order valence-electron chi connectivity index (χ2n) is 7.33. The van der Waals surface area contributed by atoms with E-state index in [4.69, 9.17) is 9.15 Å². The first kappa shape index (κ1) is 18.0. The van der Waals surface area contributed by atoms with Crippen molar-refractivity contribution in [3.8, 4) is 0 Å². The number of carbonyl (C=O) groups excluding carboxylic acids is 1. The summed E-state index contributed by atoms with van der Waals surface area (Å²) >= 11 is 0. The summed E-state index contributed by atoms with van der Waals surface area (Å²) in [6.45, 7) is 0.816. The molecule has 0 aliphatic carbocycles. The number of rotatable bonds is 3. The van der Waals surface area contributed by atoms with Gasteiger partial charge < -0.3 is 14.1 Å². The minimum absolute atomic E-state index is 0.0249. The van der Waals surface area contributed by atoms with Crippen molar-refractivity contribution < 1.29 is 22.7 Å². The molecule has 0 radical (unpaired) electrons. The molecule has 0 spiro atoms. The largest absolute Gasteiger partial charge is 0.450 e. The number of benzene rings is 2. The van der Waals surface area contributed by atoms with Gasteiger partial charge in [0.1, 0.15) is 17.2 Å². The molecule has 1 fully saturated rings. The van der Waals surface area contributed by atoms with E-state index in [9.17, 15) is 18.4 Å². The van der Waals surface area contributed by atoms with Crippen molar-refractivity contribution >= 4 is 16.9 Å². The topological polar surface area (TPSA) is 59.8 Å². The zero-order chi connectivity index (χ0) is 20.1. The van der Waals surface area contributed by atoms with Crippen molar-refractivity contribution in [3.05, 3.63) is 81.2 Å². The standard InChI is InChI=1S/C22H17F2NO4/c23-12-7-8-17-15(10-12)20(26)18-19(14-5-1-2-6-16(14)24)25(22(27)21(18)29-17)11-13-4-3-9-28-13/h1-2,5-8,10,13,19H,3-4,9,11H2. The molecule has 2 aliphatic rings. The van der Waals surface area contributed by atoms with Gasteiger partial charge in [0.05, 0.1) is 23.1 Å². The molecule has 2 unspecified atom stereocenters. The van der Waals surface area contributed by atoms with Gasteiger partial charge in [-0.3, -0.25) is 9.59 Å². The van der Waals surface area contributed by atoms with Crippen LogP contribution in [0.2, 0.25) is 0 Å². The predicted molar refractivity (Wildman–Crippen MR) is 101 cm³/mol. The van der Waals surface area contributed by atoms with Crippen molar-refractivity contribution in [2.24, 2.45) is 0 Å². The number of amides is 1. The summed E-state index contributed by atoms with van der Waals surface area (Å²) in [6, 6.07) is 8.62. The first-order valence-corrected chi connectivity index (χ1v) is 9.48. The zero-order valence-corrected chi connectivity index (χ0v) is 15.4. The lowest BCUT2D eigenvalue weighted by Crippen LogP contribution is -2.36. The zero-order valence-electron chi connectivity index (χ0n) is 15.4. The van der Waals surface area contributed by atoms with E-state index in [2.05, 4.69) is 0 Å². The third-order valence-corrected chi connectivity index (χ3v) is 5.55. The monoisotopic (exact) mass is 397 g/mol. The highest BCUT2D eigenvalue weighted by Crippen LogP contribution is 2.39. The Morgan fingerprint density at radius 2 is 1.93 bits per heavy atom. The lowest BCUT2D eigenvalue weighted by Gasteiger charge is -2.27. The van der Waals surface area contributed by atoms with E-state index in [0.717, 1.165) is 25.0 Å². The van der Waals surface area contributed by atoms with Crippen LogP contribution < -0.4 is 5.43 Å². The molecule has 1 saturated heterocycles. The molecule has 0 bridgehead atoms. The molecule has 7 heteroatoms. The van der Waals surface area contributed by atoms with E-state index in [-0.39, 0.29) is 40.5 Å². The first-order chi connectivity index (χ1) is 14.0. The Bertz CT molecular complexity index is 1180. The molecular weight excluding hydrogens is 380 g/mol. The van der Waals surface area contributed by atoms with Crippen LogP contribution in [0.25, 0.3) is 11.0 Å². The SMILES string of the molecule is O=C1c2oc3ccc(F)cc3c(=O)c2C(c2ccccc2F)N1CC1CCCO1. The molecule has 1 amide bonds. The average molecular weight is 397 g/mol. The van der Waals surface area contributed by atoms with Crippen LogP contribution in [-0.4, -0.2) is 30.1 Å². The smallest absolute Gasteiger partial charge is 0.291 e. The maximum Gasteiger partial charge on any atom is 0.291 e. The lowest BCUT2D eigenvalue weighted by molar-refractivity contribution is 0.0483. The van der Waals surface area contributed by atoms with Gasteiger partial charge in [-0.15, -0.1) is 0 Å². The highest BCUT2D eigenvalue weighted by Gasteiger charge is 2.44. The van der Waals surface area contributed by atoms with Gasteiger partial charge in [0.15, 0.2) is 5.43 Å². The molecular formula is C22H17F2NO4. The molecule has 148 valence electrons. The second-order valence-corrected chi connectivity index (χ2v) is 7.33. The fourth-order valence-electron chi connectivity index (χ4n) is 4.21. The van der Waals surface area contributed by atoms with Crippen LogP contribution in [0, 0.1) is 11.6 Å². The second kappa shape index (κ2) is 6.77. The van der Waals surface area contributed by atoms with E-state index >= 15 is 0 Å². The number of fused-ring (bicyclic) bond motifs is 2. The minimum atomic E-state index is -0.952. The van der Waals surface area contributed by atoms with Crippen LogP contribution in [0.4, 0.5) is 8.78 Å². The molecule has 3 aromatic rings. The fraction of sp³-hybridized carbons (Fsp3) is 0.273. The molecule has 0 N–H and O–H groups in total. The molecule has 5 nitrogen and oxygen atoms in total. The number of nitrogens with zero attached hydrogens (tertiary/aromatic N) is 1. The normalized spacial score (nSPS) is 21.2. The van der Waals surface area contributed by atoms with Gasteiger partial charge in [-0.2, -0.15) is 0 Å². The van der Waals surface area contributed by atoms with Crippen molar-refractivity contribution in [2.75, 3.05) is 13.2 Å². The van der Waals surface area contributed by atoms with Crippen molar-refractivity contribution in [1.82, 2.24) is 4.90 Å². The Kier molecular flexibility index (Phi) is 4.20. The van der Waals surface area contributed by atoms with Crippen LogP contribution in [0.3, 0.4) is 0 Å². The Morgan fingerprint density at radius 3 is 2.69 bits per heavy atom. The van der Waals surface area contributed by atoms with Gasteiger partial charge in [-0.05, 0) is 37.1 Å². The molecule has 3 heterocycles. The molecule has 2 aliphatic heterocycles. The number of hydrogen-bond acceptors (Lipinski definition) is 4. The Hall–Kier alpha value is -3.06. The number of hydrogen-bond donors (Lipinski definition) is 0. The molecule has 0 saturated carbocycles. The number of ether oxygens (including phenoxy) is 1. The van der Waals surface area contributed by atoms with Crippen molar-refractivity contribution in [3.63, 3.8) is 0 Å². The van der Waals surface area contributed by atoms with E-state index < -0.39 is 29.0 Å². The molecule has 2 aromatic carbocycles. The van der Waals surface area contributed by atoms with Crippen LogP contribution in [0.1, 0.15) is 40.6 Å². The Morgan fingerprint density at radius 1 is 1.10 bits per heavy atom. The Labute approximate surface area is 164 Å². The first-order valence-electron chi connectivity index (χ1n) is 9.48. The van der Waals surface area contributed by atoms with Crippen LogP contribution in [0.15, 0.2) is 51.7 Å². The van der Waals surface area contributed by atoms with Gasteiger partial charge in [0, 0.05) is 18.7 Å². The predicted octanol–water partition coefficient (Wildman–Crippen LogP) is 3.80. The quantitative estimate of drug-likeness (QED) is 0.675. The summed E-state index contributed by atoms with van der Waals surface area (Å²) in [4.78, 5) is 27.8. The number of carbonyl (C=O) groups is 1. The van der Waals surface area contributed by atoms with Gasteiger partial charge in [0.2, 0.25) is 5.76 Å². The van der Waals surface area contributed by atoms with E-state index in [1.165, 1.54) is 17.0 Å². The summed E-state index contributed by atoms with van der Waals surface area (Å²) in [6.07, 6.45) is 1.47. The summed E-state index contributed by atoms with van der Waals surface area (Å²) < 4.78 is 39.8. The van der Waals surface area contributed by atoms with E-state index in [1.807, 2.05) is 0 Å². The average Bonchev–Trinajstić information content (AvgIpc) is 3.31. The van der Waals surface area contributed by atoms with Crippen LogP contribution in [0.5, 0.6) is 0 Å². The summed E-state index contributed by atoms with van der Waals surface area (Å²) in [7, 11) is 0. The highest BCUT2D eigenvalue weighted by molar-refractivity contribution is 5.99. The Balaban J connectivity index is 1.74. The molecule has 2 atom stereocenters. The molecule has 5 rings (SSSR count). The van der Waals surface area contributed by atoms with Gasteiger partial charge >= 0.3 is 0 Å². The summed E-state index contributed by atoms with van der Waals surface area (Å²) in [5, 5.41) is 0.0249. The van der Waals surface area contributed by atoms with E-state index in [0.29, 0.717) is 6.61 Å². The lowest BCUT2D eigenvalue weighted by atomic mass is 9.98. The summed E-state index contributed by atoms with van der Waals surface area (Å²) in [5.74, 6) is -1.74. The van der Waals surface area contributed by atoms with E-state index in [1.54, 1.807) is 18.2 Å². The fourth-order valence-corrected chi connectivity index (χ4v) is 4.21. The minimum Gasteiger partial charge on any atom is -0.450 e. The highest BCUT2D eigenvalue weighted by atomic mass is 19.1. The van der Waals surface area contributed by atoms with Crippen LogP contribution >= 0.6 is 0 Å². The maximum atomic E-state index is 14.7.